The van der Waals surface area contributed by atoms with E-state index in [4.69, 9.17) is 0 Å². The van der Waals surface area contributed by atoms with Crippen molar-refractivity contribution in [1.29, 1.82) is 0 Å². The van der Waals surface area contributed by atoms with E-state index < -0.39 is 21.7 Å². The molecule has 0 radical (unpaired) electrons. The maximum Gasteiger partial charge on any atom is 0.287 e. The van der Waals surface area contributed by atoms with E-state index in [2.05, 4.69) is 15.0 Å². The number of sulfonamides is 1. The molecule has 1 aromatic carbocycles. The highest BCUT2D eigenvalue weighted by atomic mass is 32.2. The van der Waals surface area contributed by atoms with Gasteiger partial charge in [0.05, 0.1) is 5.69 Å². The summed E-state index contributed by atoms with van der Waals surface area (Å²) in [7, 11) is -4.00. The van der Waals surface area contributed by atoms with Crippen molar-refractivity contribution in [3.05, 3.63) is 23.8 Å². The number of benzene rings is 1. The van der Waals surface area contributed by atoms with E-state index in [1.54, 1.807) is 6.92 Å². The van der Waals surface area contributed by atoms with Gasteiger partial charge >= 0.3 is 0 Å². The number of halogens is 2. The van der Waals surface area contributed by atoms with E-state index in [1.165, 1.54) is 0 Å². The zero-order valence-electron chi connectivity index (χ0n) is 8.79. The third-order valence-electron chi connectivity index (χ3n) is 2.11. The molecule has 0 aromatic heterocycles. The highest BCUT2D eigenvalue weighted by Crippen LogP contribution is 2.28. The van der Waals surface area contributed by atoms with Crippen molar-refractivity contribution in [1.82, 2.24) is 5.32 Å². The summed E-state index contributed by atoms with van der Waals surface area (Å²) in [5.41, 5.74) is -0.0325. The highest BCUT2D eigenvalue weighted by Gasteiger charge is 2.26. The molecule has 8 heteroatoms. The van der Waals surface area contributed by atoms with Crippen molar-refractivity contribution in [2.45, 2.75) is 11.8 Å². The van der Waals surface area contributed by atoms with Gasteiger partial charge in [-0.15, -0.1) is 4.40 Å². The monoisotopic (exact) mass is 261 g/mol. The number of nitrogens with one attached hydrogen (secondary N) is 2. The Bertz CT molecular complexity index is 599. The topological polar surface area (TPSA) is 70.6 Å². The van der Waals surface area contributed by atoms with Gasteiger partial charge in [-0.3, -0.25) is 0 Å². The van der Waals surface area contributed by atoms with E-state index in [1.807, 2.05) is 0 Å². The van der Waals surface area contributed by atoms with Crippen LogP contribution in [0.1, 0.15) is 6.92 Å². The largest absolute Gasteiger partial charge is 0.355 e. The van der Waals surface area contributed by atoms with Crippen molar-refractivity contribution in [2.24, 2.45) is 4.40 Å². The fourth-order valence-corrected chi connectivity index (χ4v) is 2.49. The standard InChI is InChI=1S/C9H9F2N3O2S/c1-2-12-9-13-7-3-5(10)6(11)4-8(7)17(15,16)14-9/h3-4H,2H2,1H3,(H2,12,13,14). The van der Waals surface area contributed by atoms with Crippen LogP contribution >= 0.6 is 0 Å². The lowest BCUT2D eigenvalue weighted by atomic mass is 10.3. The van der Waals surface area contributed by atoms with E-state index in [-0.39, 0.29) is 16.5 Å². The van der Waals surface area contributed by atoms with E-state index in [9.17, 15) is 17.2 Å². The second-order valence-electron chi connectivity index (χ2n) is 3.33. The maximum absolute atomic E-state index is 13.0. The minimum Gasteiger partial charge on any atom is -0.355 e. The molecular weight excluding hydrogens is 252 g/mol. The number of anilines is 1. The minimum absolute atomic E-state index is 0.00833. The number of fused-ring (bicyclic) bond motifs is 1. The van der Waals surface area contributed by atoms with Crippen LogP contribution in [0.4, 0.5) is 14.5 Å². The van der Waals surface area contributed by atoms with Gasteiger partial charge < -0.3 is 10.6 Å². The molecule has 0 unspecified atom stereocenters. The van der Waals surface area contributed by atoms with E-state index in [0.717, 1.165) is 6.07 Å². The van der Waals surface area contributed by atoms with Crippen LogP contribution in [0.3, 0.4) is 0 Å². The van der Waals surface area contributed by atoms with Gasteiger partial charge in [-0.25, -0.2) is 8.78 Å². The van der Waals surface area contributed by atoms with Gasteiger partial charge in [0, 0.05) is 12.6 Å². The molecule has 1 aromatic rings. The van der Waals surface area contributed by atoms with Gasteiger partial charge in [0.1, 0.15) is 4.90 Å². The summed E-state index contributed by atoms with van der Waals surface area (Å²) in [5.74, 6) is -2.36. The smallest absolute Gasteiger partial charge is 0.287 e. The number of hydrogen-bond donors (Lipinski definition) is 2. The zero-order chi connectivity index (χ0) is 12.6. The van der Waals surface area contributed by atoms with Crippen molar-refractivity contribution in [3.8, 4) is 0 Å². The number of guanidine groups is 1. The second-order valence-corrected chi connectivity index (χ2v) is 4.91. The lowest BCUT2D eigenvalue weighted by Gasteiger charge is -2.18. The molecule has 0 bridgehead atoms. The lowest BCUT2D eigenvalue weighted by molar-refractivity contribution is 0.505. The van der Waals surface area contributed by atoms with Crippen LogP contribution in [0.2, 0.25) is 0 Å². The van der Waals surface area contributed by atoms with Crippen LogP contribution in [-0.4, -0.2) is 20.9 Å². The molecular formula is C9H9F2N3O2S. The SMILES string of the molecule is CCNC1=NS(=O)(=O)c2cc(F)c(F)cc2N1. The maximum atomic E-state index is 13.0. The Morgan fingerprint density at radius 2 is 2.00 bits per heavy atom. The first-order valence-corrected chi connectivity index (χ1v) is 6.23. The Morgan fingerprint density at radius 1 is 1.35 bits per heavy atom. The fourth-order valence-electron chi connectivity index (χ4n) is 1.40. The molecule has 17 heavy (non-hydrogen) atoms. The normalized spacial score (nSPS) is 16.8. The second kappa shape index (κ2) is 3.95. The van der Waals surface area contributed by atoms with Crippen molar-refractivity contribution < 1.29 is 17.2 Å². The zero-order valence-corrected chi connectivity index (χ0v) is 9.61. The average Bonchev–Trinajstić information content (AvgIpc) is 2.21. The Hall–Kier alpha value is -1.70. The lowest BCUT2D eigenvalue weighted by Crippen LogP contribution is -2.34. The summed E-state index contributed by atoms with van der Waals surface area (Å²) in [6.07, 6.45) is 0. The summed E-state index contributed by atoms with van der Waals surface area (Å²) in [6, 6.07) is 1.40. The molecule has 1 aliphatic rings. The van der Waals surface area contributed by atoms with Crippen LogP contribution < -0.4 is 10.6 Å². The molecule has 0 fully saturated rings. The van der Waals surface area contributed by atoms with E-state index in [0.29, 0.717) is 12.6 Å². The Kier molecular flexibility index (Phi) is 2.74. The Labute approximate surface area is 96.6 Å². The number of nitrogens with zero attached hydrogens (tertiary/aromatic N) is 1. The summed E-state index contributed by atoms with van der Waals surface area (Å²) < 4.78 is 52.7. The molecule has 0 atom stereocenters. The third-order valence-corrected chi connectivity index (χ3v) is 3.43. The van der Waals surface area contributed by atoms with E-state index >= 15 is 0 Å². The molecule has 0 aliphatic carbocycles. The van der Waals surface area contributed by atoms with Crippen LogP contribution in [0.5, 0.6) is 0 Å². The Morgan fingerprint density at radius 3 is 2.65 bits per heavy atom. The predicted molar refractivity (Wildman–Crippen MR) is 58.3 cm³/mol. The summed E-state index contributed by atoms with van der Waals surface area (Å²) in [4.78, 5) is -0.377. The van der Waals surface area contributed by atoms with Gasteiger partial charge in [-0.1, -0.05) is 0 Å². The van der Waals surface area contributed by atoms with Gasteiger partial charge in [-0.2, -0.15) is 8.42 Å². The van der Waals surface area contributed by atoms with Crippen molar-refractivity contribution in [3.63, 3.8) is 0 Å². The Balaban J connectivity index is 2.57. The molecule has 1 heterocycles. The predicted octanol–water partition coefficient (Wildman–Crippen LogP) is 1.04. The van der Waals surface area contributed by atoms with Crippen LogP contribution in [-0.2, 0) is 10.0 Å². The van der Waals surface area contributed by atoms with Crippen LogP contribution in [0, 0.1) is 11.6 Å². The number of hydrogen-bond acceptors (Lipinski definition) is 4. The van der Waals surface area contributed by atoms with Crippen molar-refractivity contribution in [2.75, 3.05) is 11.9 Å². The fraction of sp³-hybridized carbons (Fsp3) is 0.222. The molecule has 0 saturated heterocycles. The first-order chi connectivity index (χ1) is 7.94. The molecule has 2 N–H and O–H groups in total. The molecule has 0 saturated carbocycles. The first kappa shape index (κ1) is 11.8. The summed E-state index contributed by atoms with van der Waals surface area (Å²) in [6.45, 7) is 2.19. The van der Waals surface area contributed by atoms with Crippen LogP contribution in [0.25, 0.3) is 0 Å². The summed E-state index contributed by atoms with van der Waals surface area (Å²) in [5, 5.41) is 5.23. The third kappa shape index (κ3) is 2.07. The molecule has 5 nitrogen and oxygen atoms in total. The first-order valence-electron chi connectivity index (χ1n) is 4.79. The molecule has 2 rings (SSSR count). The molecule has 0 amide bonds. The summed E-state index contributed by atoms with van der Waals surface area (Å²) >= 11 is 0. The number of rotatable bonds is 1. The van der Waals surface area contributed by atoms with Gasteiger partial charge in [-0.05, 0) is 13.0 Å². The minimum atomic E-state index is -4.00. The average molecular weight is 261 g/mol. The molecule has 92 valence electrons. The van der Waals surface area contributed by atoms with Gasteiger partial charge in [0.15, 0.2) is 11.6 Å². The quantitative estimate of drug-likeness (QED) is 0.792. The van der Waals surface area contributed by atoms with Crippen molar-refractivity contribution >= 4 is 21.7 Å². The highest BCUT2D eigenvalue weighted by molar-refractivity contribution is 7.90. The van der Waals surface area contributed by atoms with Crippen LogP contribution in [0.15, 0.2) is 21.4 Å². The molecule has 0 spiro atoms. The molecule has 1 aliphatic heterocycles. The van der Waals surface area contributed by atoms with Gasteiger partial charge in [0.2, 0.25) is 5.96 Å². The van der Waals surface area contributed by atoms with Gasteiger partial charge in [0.25, 0.3) is 10.0 Å².